The Balaban J connectivity index is 1.38. The number of hydrogen-bond donors (Lipinski definition) is 0. The summed E-state index contributed by atoms with van der Waals surface area (Å²) < 4.78 is 21.7. The van der Waals surface area contributed by atoms with E-state index < -0.39 is 0 Å². The van der Waals surface area contributed by atoms with E-state index in [1.54, 1.807) is 12.1 Å². The van der Waals surface area contributed by atoms with Gasteiger partial charge in [0.05, 0.1) is 11.3 Å². The zero-order chi connectivity index (χ0) is 19.8. The zero-order valence-electron chi connectivity index (χ0n) is 15.7. The highest BCUT2D eigenvalue weighted by Gasteiger charge is 2.31. The number of nitrogens with zero attached hydrogens (tertiary/aromatic N) is 5. The quantitative estimate of drug-likeness (QED) is 0.416. The molecule has 1 saturated carbocycles. The van der Waals surface area contributed by atoms with Crippen LogP contribution in [0.4, 0.5) is 4.39 Å². The first kappa shape index (κ1) is 18.1. The standard InChI is InChI=1S/C21H18FN5OS/c1-13-6-2-3-7-15(13)19-23-18(28-26-19)12-29-21-25-24-20(27(21)14-10-11-14)16-8-4-5-9-17(16)22/h2-9,14H,10-12H2,1H3. The van der Waals surface area contributed by atoms with Crippen molar-refractivity contribution in [3.63, 3.8) is 0 Å². The maximum Gasteiger partial charge on any atom is 0.237 e. The summed E-state index contributed by atoms with van der Waals surface area (Å²) in [5.41, 5.74) is 2.52. The lowest BCUT2D eigenvalue weighted by molar-refractivity contribution is 0.391. The largest absolute Gasteiger partial charge is 0.338 e. The highest BCUT2D eigenvalue weighted by Crippen LogP contribution is 2.41. The number of aryl methyl sites for hydroxylation is 1. The van der Waals surface area contributed by atoms with Crippen LogP contribution in [0.15, 0.2) is 58.2 Å². The Morgan fingerprint density at radius 1 is 1.07 bits per heavy atom. The van der Waals surface area contributed by atoms with Gasteiger partial charge in [-0.25, -0.2) is 4.39 Å². The Morgan fingerprint density at radius 2 is 1.83 bits per heavy atom. The van der Waals surface area contributed by atoms with E-state index in [4.69, 9.17) is 4.52 Å². The first-order valence-corrected chi connectivity index (χ1v) is 10.4. The SMILES string of the molecule is Cc1ccccc1-c1noc(CSc2nnc(-c3ccccc3F)n2C2CC2)n1. The molecule has 1 fully saturated rings. The second-order valence-electron chi connectivity index (χ2n) is 7.00. The van der Waals surface area contributed by atoms with Crippen LogP contribution < -0.4 is 0 Å². The van der Waals surface area contributed by atoms with Crippen molar-refractivity contribution in [2.75, 3.05) is 0 Å². The topological polar surface area (TPSA) is 69.6 Å². The van der Waals surface area contributed by atoms with Gasteiger partial charge in [0.1, 0.15) is 5.82 Å². The molecular weight excluding hydrogens is 389 g/mol. The molecule has 0 N–H and O–H groups in total. The van der Waals surface area contributed by atoms with Crippen molar-refractivity contribution >= 4 is 11.8 Å². The highest BCUT2D eigenvalue weighted by atomic mass is 32.2. The molecule has 0 unspecified atom stereocenters. The Kier molecular flexibility index (Phi) is 4.63. The average molecular weight is 407 g/mol. The molecule has 0 spiro atoms. The summed E-state index contributed by atoms with van der Waals surface area (Å²) >= 11 is 1.47. The minimum absolute atomic E-state index is 0.293. The lowest BCUT2D eigenvalue weighted by Crippen LogP contribution is -2.01. The summed E-state index contributed by atoms with van der Waals surface area (Å²) in [5.74, 6) is 1.85. The molecule has 8 heteroatoms. The average Bonchev–Trinajstić information content (AvgIpc) is 3.31. The first-order chi connectivity index (χ1) is 14.2. The number of hydrogen-bond acceptors (Lipinski definition) is 6. The Morgan fingerprint density at radius 3 is 2.59 bits per heavy atom. The van der Waals surface area contributed by atoms with Crippen LogP contribution >= 0.6 is 11.8 Å². The van der Waals surface area contributed by atoms with E-state index in [1.165, 1.54) is 17.8 Å². The van der Waals surface area contributed by atoms with Crippen LogP contribution in [0.2, 0.25) is 0 Å². The molecule has 4 aromatic rings. The Labute approximate surface area is 171 Å². The molecule has 5 rings (SSSR count). The number of aromatic nitrogens is 5. The molecule has 0 aliphatic heterocycles. The molecule has 2 aromatic carbocycles. The minimum atomic E-state index is -0.293. The molecule has 6 nitrogen and oxygen atoms in total. The highest BCUT2D eigenvalue weighted by molar-refractivity contribution is 7.98. The van der Waals surface area contributed by atoms with E-state index in [1.807, 2.05) is 41.8 Å². The van der Waals surface area contributed by atoms with E-state index in [-0.39, 0.29) is 5.82 Å². The molecule has 2 heterocycles. The van der Waals surface area contributed by atoms with Crippen molar-refractivity contribution in [1.82, 2.24) is 24.9 Å². The van der Waals surface area contributed by atoms with Gasteiger partial charge in [0.25, 0.3) is 0 Å². The van der Waals surface area contributed by atoms with Crippen LogP contribution in [0, 0.1) is 12.7 Å². The molecule has 0 saturated heterocycles. The fourth-order valence-electron chi connectivity index (χ4n) is 3.24. The molecular formula is C21H18FN5OS. The normalized spacial score (nSPS) is 13.7. The van der Waals surface area contributed by atoms with E-state index in [0.29, 0.717) is 34.9 Å². The van der Waals surface area contributed by atoms with Crippen molar-refractivity contribution in [3.05, 3.63) is 65.8 Å². The van der Waals surface area contributed by atoms with Crippen molar-refractivity contribution < 1.29 is 8.91 Å². The maximum absolute atomic E-state index is 14.3. The fraction of sp³-hybridized carbons (Fsp3) is 0.238. The third-order valence-electron chi connectivity index (χ3n) is 4.87. The van der Waals surface area contributed by atoms with Gasteiger partial charge < -0.3 is 4.52 Å². The summed E-state index contributed by atoms with van der Waals surface area (Å²) in [4.78, 5) is 4.51. The molecule has 0 bridgehead atoms. The van der Waals surface area contributed by atoms with Gasteiger partial charge in [0.2, 0.25) is 11.7 Å². The van der Waals surface area contributed by atoms with Crippen molar-refractivity contribution in [1.29, 1.82) is 0 Å². The van der Waals surface area contributed by atoms with Gasteiger partial charge in [-0.2, -0.15) is 4.98 Å². The summed E-state index contributed by atoms with van der Waals surface area (Å²) in [6.45, 7) is 2.02. The van der Waals surface area contributed by atoms with Crippen LogP contribution in [0.5, 0.6) is 0 Å². The van der Waals surface area contributed by atoms with Crippen LogP contribution in [0.1, 0.15) is 30.3 Å². The van der Waals surface area contributed by atoms with E-state index in [0.717, 1.165) is 29.1 Å². The van der Waals surface area contributed by atoms with Crippen molar-refractivity contribution in [2.45, 2.75) is 36.7 Å². The molecule has 1 aliphatic rings. The minimum Gasteiger partial charge on any atom is -0.338 e. The van der Waals surface area contributed by atoms with Gasteiger partial charge in [0.15, 0.2) is 11.0 Å². The van der Waals surface area contributed by atoms with Crippen LogP contribution in [-0.2, 0) is 5.75 Å². The van der Waals surface area contributed by atoms with E-state index in [2.05, 4.69) is 20.3 Å². The lowest BCUT2D eigenvalue weighted by Gasteiger charge is -2.08. The second-order valence-corrected chi connectivity index (χ2v) is 7.95. The smallest absolute Gasteiger partial charge is 0.237 e. The Hall–Kier alpha value is -3.00. The summed E-state index contributed by atoms with van der Waals surface area (Å²) in [7, 11) is 0. The number of benzene rings is 2. The molecule has 146 valence electrons. The second kappa shape index (κ2) is 7.44. The van der Waals surface area contributed by atoms with E-state index in [9.17, 15) is 4.39 Å². The molecule has 0 radical (unpaired) electrons. The van der Waals surface area contributed by atoms with Gasteiger partial charge in [-0.1, -0.05) is 53.3 Å². The lowest BCUT2D eigenvalue weighted by atomic mass is 10.1. The van der Waals surface area contributed by atoms with Gasteiger partial charge in [-0.05, 0) is 37.5 Å². The molecule has 29 heavy (non-hydrogen) atoms. The van der Waals surface area contributed by atoms with Crippen LogP contribution in [0.3, 0.4) is 0 Å². The number of thioether (sulfide) groups is 1. The molecule has 2 aromatic heterocycles. The summed E-state index contributed by atoms with van der Waals surface area (Å²) in [6.07, 6.45) is 2.09. The third-order valence-corrected chi connectivity index (χ3v) is 5.80. The molecule has 0 amide bonds. The van der Waals surface area contributed by atoms with Gasteiger partial charge in [-0.3, -0.25) is 4.57 Å². The first-order valence-electron chi connectivity index (χ1n) is 9.42. The number of rotatable bonds is 6. The zero-order valence-corrected chi connectivity index (χ0v) is 16.6. The maximum atomic E-state index is 14.3. The number of halogens is 1. The van der Waals surface area contributed by atoms with Crippen molar-refractivity contribution in [3.8, 4) is 22.8 Å². The van der Waals surface area contributed by atoms with Crippen LogP contribution in [-0.4, -0.2) is 24.9 Å². The van der Waals surface area contributed by atoms with Gasteiger partial charge in [-0.15, -0.1) is 10.2 Å². The molecule has 0 atom stereocenters. The fourth-order valence-corrected chi connectivity index (χ4v) is 4.08. The molecule has 1 aliphatic carbocycles. The predicted octanol–water partition coefficient (Wildman–Crippen LogP) is 5.07. The third kappa shape index (κ3) is 3.55. The van der Waals surface area contributed by atoms with Crippen molar-refractivity contribution in [2.24, 2.45) is 0 Å². The van der Waals surface area contributed by atoms with Gasteiger partial charge >= 0.3 is 0 Å². The Bertz CT molecular complexity index is 1170. The van der Waals surface area contributed by atoms with E-state index >= 15 is 0 Å². The predicted molar refractivity (Wildman–Crippen MR) is 108 cm³/mol. The monoisotopic (exact) mass is 407 g/mol. The van der Waals surface area contributed by atoms with Gasteiger partial charge in [0, 0.05) is 11.6 Å². The summed E-state index contributed by atoms with van der Waals surface area (Å²) in [5, 5.41) is 13.4. The van der Waals surface area contributed by atoms with Crippen LogP contribution in [0.25, 0.3) is 22.8 Å². The summed E-state index contributed by atoms with van der Waals surface area (Å²) in [6, 6.07) is 14.9.